The molecule has 2 heterocycles. The SMILES string of the molecule is O=C(NC1CCS(=O)(=O)C1)c1nccs1. The molecule has 1 saturated heterocycles. The van der Waals surface area contributed by atoms with Crippen molar-refractivity contribution < 1.29 is 13.2 Å². The van der Waals surface area contributed by atoms with Gasteiger partial charge in [-0.25, -0.2) is 13.4 Å². The Balaban J connectivity index is 1.97. The maximum Gasteiger partial charge on any atom is 0.280 e. The summed E-state index contributed by atoms with van der Waals surface area (Å²) in [5, 5.41) is 4.75. The molecule has 0 saturated carbocycles. The molecule has 1 amide bonds. The third-order valence-electron chi connectivity index (χ3n) is 2.19. The molecule has 1 aromatic heterocycles. The number of hydrogen-bond acceptors (Lipinski definition) is 5. The summed E-state index contributed by atoms with van der Waals surface area (Å²) in [6.45, 7) is 0. The van der Waals surface area contributed by atoms with Crippen LogP contribution in [0, 0.1) is 0 Å². The Morgan fingerprint density at radius 3 is 2.93 bits per heavy atom. The molecule has 0 radical (unpaired) electrons. The van der Waals surface area contributed by atoms with E-state index in [1.165, 1.54) is 11.3 Å². The molecule has 1 unspecified atom stereocenters. The van der Waals surface area contributed by atoms with Gasteiger partial charge in [0.05, 0.1) is 11.5 Å². The van der Waals surface area contributed by atoms with E-state index in [1.54, 1.807) is 11.6 Å². The average Bonchev–Trinajstić information content (AvgIpc) is 2.74. The number of thiazole rings is 1. The van der Waals surface area contributed by atoms with E-state index in [0.717, 1.165) is 0 Å². The van der Waals surface area contributed by atoms with E-state index >= 15 is 0 Å². The second-order valence-corrected chi connectivity index (χ2v) is 6.53. The van der Waals surface area contributed by atoms with Crippen LogP contribution in [-0.2, 0) is 9.84 Å². The molecule has 7 heteroatoms. The molecule has 15 heavy (non-hydrogen) atoms. The van der Waals surface area contributed by atoms with Gasteiger partial charge in [-0.15, -0.1) is 11.3 Å². The zero-order valence-electron chi connectivity index (χ0n) is 7.84. The van der Waals surface area contributed by atoms with E-state index in [-0.39, 0.29) is 23.5 Å². The van der Waals surface area contributed by atoms with Crippen LogP contribution in [0.4, 0.5) is 0 Å². The van der Waals surface area contributed by atoms with Gasteiger partial charge in [-0.3, -0.25) is 4.79 Å². The van der Waals surface area contributed by atoms with Crippen molar-refractivity contribution in [1.29, 1.82) is 0 Å². The third-order valence-corrected chi connectivity index (χ3v) is 4.73. The fourth-order valence-corrected chi connectivity index (χ4v) is 3.70. The molecule has 0 aromatic carbocycles. The number of nitrogens with zero attached hydrogens (tertiary/aromatic N) is 1. The number of hydrogen-bond donors (Lipinski definition) is 1. The Morgan fingerprint density at radius 1 is 1.60 bits per heavy atom. The van der Waals surface area contributed by atoms with Crippen molar-refractivity contribution >= 4 is 27.1 Å². The molecule has 0 aliphatic carbocycles. The first-order chi connectivity index (χ1) is 7.07. The van der Waals surface area contributed by atoms with Crippen molar-refractivity contribution in [3.8, 4) is 0 Å². The normalized spacial score (nSPS) is 23.9. The lowest BCUT2D eigenvalue weighted by molar-refractivity contribution is 0.0941. The largest absolute Gasteiger partial charge is 0.346 e. The summed E-state index contributed by atoms with van der Waals surface area (Å²) in [6.07, 6.45) is 2.05. The van der Waals surface area contributed by atoms with Gasteiger partial charge in [0.1, 0.15) is 0 Å². The third kappa shape index (κ3) is 2.54. The highest BCUT2D eigenvalue weighted by Crippen LogP contribution is 2.12. The fraction of sp³-hybridized carbons (Fsp3) is 0.500. The van der Waals surface area contributed by atoms with Crippen molar-refractivity contribution in [3.05, 3.63) is 16.6 Å². The van der Waals surface area contributed by atoms with Crippen molar-refractivity contribution in [2.45, 2.75) is 12.5 Å². The number of rotatable bonds is 2. The summed E-state index contributed by atoms with van der Waals surface area (Å²) in [4.78, 5) is 15.4. The molecule has 1 aliphatic rings. The highest BCUT2D eigenvalue weighted by molar-refractivity contribution is 7.91. The van der Waals surface area contributed by atoms with Gasteiger partial charge in [-0.2, -0.15) is 0 Å². The van der Waals surface area contributed by atoms with Gasteiger partial charge < -0.3 is 5.32 Å². The monoisotopic (exact) mass is 246 g/mol. The molecule has 82 valence electrons. The predicted molar refractivity (Wildman–Crippen MR) is 56.6 cm³/mol. The van der Waals surface area contributed by atoms with Crippen LogP contribution in [0.2, 0.25) is 0 Å². The zero-order chi connectivity index (χ0) is 10.9. The smallest absolute Gasteiger partial charge is 0.280 e. The molecule has 0 bridgehead atoms. The van der Waals surface area contributed by atoms with Gasteiger partial charge in [0.25, 0.3) is 5.91 Å². The van der Waals surface area contributed by atoms with Crippen LogP contribution in [0.1, 0.15) is 16.2 Å². The first kappa shape index (κ1) is 10.6. The van der Waals surface area contributed by atoms with Gasteiger partial charge in [0.2, 0.25) is 0 Å². The summed E-state index contributed by atoms with van der Waals surface area (Å²) < 4.78 is 22.3. The van der Waals surface area contributed by atoms with E-state index in [1.807, 2.05) is 0 Å². The summed E-state index contributed by atoms with van der Waals surface area (Å²) in [5.41, 5.74) is 0. The Kier molecular flexibility index (Phi) is 2.74. The molecule has 1 N–H and O–H groups in total. The Bertz CT molecular complexity index is 452. The summed E-state index contributed by atoms with van der Waals surface area (Å²) in [5.74, 6) is -0.0768. The van der Waals surface area contributed by atoms with Crippen LogP contribution in [-0.4, -0.2) is 36.9 Å². The first-order valence-electron chi connectivity index (χ1n) is 4.47. The van der Waals surface area contributed by atoms with E-state index in [2.05, 4.69) is 10.3 Å². The minimum atomic E-state index is -2.94. The number of carbonyl (C=O) groups is 1. The highest BCUT2D eigenvalue weighted by Gasteiger charge is 2.29. The van der Waals surface area contributed by atoms with Crippen LogP contribution in [0.5, 0.6) is 0 Å². The lowest BCUT2D eigenvalue weighted by Gasteiger charge is -2.08. The molecule has 1 aliphatic heterocycles. The number of carbonyl (C=O) groups excluding carboxylic acids is 1. The number of amides is 1. The molecule has 1 aromatic rings. The standard InChI is InChI=1S/C8H10N2O3S2/c11-7(8-9-2-3-14-8)10-6-1-4-15(12,13)5-6/h2-3,6H,1,4-5H2,(H,10,11). The van der Waals surface area contributed by atoms with Gasteiger partial charge in [-0.05, 0) is 6.42 Å². The lowest BCUT2D eigenvalue weighted by atomic mass is 10.2. The molecule has 5 nitrogen and oxygen atoms in total. The molecule has 0 spiro atoms. The number of nitrogens with one attached hydrogen (secondary N) is 1. The van der Waals surface area contributed by atoms with E-state index in [0.29, 0.717) is 11.4 Å². The summed E-state index contributed by atoms with van der Waals surface area (Å²) in [7, 11) is -2.94. The van der Waals surface area contributed by atoms with Crippen LogP contribution >= 0.6 is 11.3 Å². The number of aromatic nitrogens is 1. The highest BCUT2D eigenvalue weighted by atomic mass is 32.2. The Hall–Kier alpha value is -0.950. The van der Waals surface area contributed by atoms with E-state index in [4.69, 9.17) is 0 Å². The van der Waals surface area contributed by atoms with Gasteiger partial charge >= 0.3 is 0 Å². The number of sulfone groups is 1. The minimum Gasteiger partial charge on any atom is -0.346 e. The van der Waals surface area contributed by atoms with Crippen molar-refractivity contribution in [3.63, 3.8) is 0 Å². The first-order valence-corrected chi connectivity index (χ1v) is 7.18. The minimum absolute atomic E-state index is 0.0457. The summed E-state index contributed by atoms with van der Waals surface area (Å²) in [6, 6.07) is -0.258. The Morgan fingerprint density at radius 2 is 2.40 bits per heavy atom. The maximum atomic E-state index is 11.5. The van der Waals surface area contributed by atoms with Crippen LogP contribution < -0.4 is 5.32 Å². The van der Waals surface area contributed by atoms with Gasteiger partial charge in [0, 0.05) is 17.6 Å². The topological polar surface area (TPSA) is 76.1 Å². The van der Waals surface area contributed by atoms with Gasteiger partial charge in [-0.1, -0.05) is 0 Å². The van der Waals surface area contributed by atoms with Crippen molar-refractivity contribution in [2.75, 3.05) is 11.5 Å². The van der Waals surface area contributed by atoms with Gasteiger partial charge in [0.15, 0.2) is 14.8 Å². The van der Waals surface area contributed by atoms with Crippen molar-refractivity contribution in [2.24, 2.45) is 0 Å². The van der Waals surface area contributed by atoms with Crippen LogP contribution in [0.25, 0.3) is 0 Å². The Labute approximate surface area is 91.4 Å². The van der Waals surface area contributed by atoms with E-state index in [9.17, 15) is 13.2 Å². The lowest BCUT2D eigenvalue weighted by Crippen LogP contribution is -2.35. The van der Waals surface area contributed by atoms with E-state index < -0.39 is 9.84 Å². The molecule has 1 atom stereocenters. The van der Waals surface area contributed by atoms with Crippen LogP contribution in [0.15, 0.2) is 11.6 Å². The molecular formula is C8H10N2O3S2. The van der Waals surface area contributed by atoms with Crippen LogP contribution in [0.3, 0.4) is 0 Å². The van der Waals surface area contributed by atoms with Crippen molar-refractivity contribution in [1.82, 2.24) is 10.3 Å². The molecule has 1 fully saturated rings. The zero-order valence-corrected chi connectivity index (χ0v) is 9.47. The molecular weight excluding hydrogens is 236 g/mol. The maximum absolute atomic E-state index is 11.5. The average molecular weight is 246 g/mol. The second kappa shape index (κ2) is 3.90. The second-order valence-electron chi connectivity index (χ2n) is 3.41. The summed E-state index contributed by atoms with van der Waals surface area (Å²) >= 11 is 1.24. The quantitative estimate of drug-likeness (QED) is 0.800. The predicted octanol–water partition coefficient (Wildman–Crippen LogP) is 0.0600. The fourth-order valence-electron chi connectivity index (χ4n) is 1.49. The molecule has 2 rings (SSSR count).